The summed E-state index contributed by atoms with van der Waals surface area (Å²) in [5, 5.41) is 3.36. The van der Waals surface area contributed by atoms with Crippen molar-refractivity contribution >= 4 is 46.5 Å². The van der Waals surface area contributed by atoms with Crippen molar-refractivity contribution in [3.8, 4) is 0 Å². The van der Waals surface area contributed by atoms with E-state index in [2.05, 4.69) is 5.32 Å². The predicted molar refractivity (Wildman–Crippen MR) is 103 cm³/mol. The summed E-state index contributed by atoms with van der Waals surface area (Å²) in [5.74, 6) is -0.750. The second-order valence-corrected chi connectivity index (χ2v) is 6.53. The lowest BCUT2D eigenvalue weighted by Gasteiger charge is -2.17. The maximum atomic E-state index is 12.1. The minimum Gasteiger partial charge on any atom is -0.336 e. The molecule has 0 saturated carbocycles. The fourth-order valence-corrected chi connectivity index (χ4v) is 2.56. The zero-order valence-electron chi connectivity index (χ0n) is 14.2. The van der Waals surface area contributed by atoms with Crippen molar-refractivity contribution in [2.24, 2.45) is 0 Å². The average Bonchev–Trinajstić information content (AvgIpc) is 2.63. The van der Waals surface area contributed by atoms with Crippen LogP contribution in [0.25, 0.3) is 0 Å². The molecule has 0 radical (unpaired) electrons. The summed E-state index contributed by atoms with van der Waals surface area (Å²) in [6.07, 6.45) is 0.145. The Morgan fingerprint density at radius 1 is 0.962 bits per heavy atom. The molecule has 0 unspecified atom stereocenters. The minimum absolute atomic E-state index is 0.0459. The van der Waals surface area contributed by atoms with Gasteiger partial charge in [-0.15, -0.1) is 0 Å². The minimum atomic E-state index is -0.367. The van der Waals surface area contributed by atoms with Gasteiger partial charge in [0.15, 0.2) is 5.78 Å². The van der Waals surface area contributed by atoms with E-state index in [4.69, 9.17) is 23.2 Å². The number of hydrogen-bond acceptors (Lipinski definition) is 3. The third-order valence-electron chi connectivity index (χ3n) is 3.67. The van der Waals surface area contributed by atoms with E-state index >= 15 is 0 Å². The van der Waals surface area contributed by atoms with Crippen LogP contribution in [0.4, 0.5) is 5.69 Å². The molecular formula is C19H18Cl2N2O3. The van der Waals surface area contributed by atoms with Gasteiger partial charge in [0.25, 0.3) is 0 Å². The summed E-state index contributed by atoms with van der Waals surface area (Å²) in [5.41, 5.74) is 1.06. The normalized spacial score (nSPS) is 10.3. The maximum absolute atomic E-state index is 12.1. The van der Waals surface area contributed by atoms with E-state index in [1.54, 1.807) is 36.4 Å². The summed E-state index contributed by atoms with van der Waals surface area (Å²) in [7, 11) is 1.52. The molecule has 2 aromatic rings. The van der Waals surface area contributed by atoms with Gasteiger partial charge in [0.05, 0.1) is 16.6 Å². The summed E-state index contributed by atoms with van der Waals surface area (Å²) in [6, 6.07) is 13.5. The first-order valence-electron chi connectivity index (χ1n) is 7.94. The van der Waals surface area contributed by atoms with Gasteiger partial charge in [-0.2, -0.15) is 0 Å². The first-order valence-corrected chi connectivity index (χ1v) is 8.69. The molecule has 0 heterocycles. The van der Waals surface area contributed by atoms with Crippen LogP contribution < -0.4 is 5.32 Å². The van der Waals surface area contributed by atoms with E-state index in [0.717, 1.165) is 0 Å². The molecule has 0 saturated heterocycles. The number of likely N-dealkylation sites (N-methyl/N-ethyl adjacent to an activating group) is 1. The molecular weight excluding hydrogens is 375 g/mol. The molecule has 0 spiro atoms. The Morgan fingerprint density at radius 3 is 2.31 bits per heavy atom. The highest BCUT2D eigenvalue weighted by atomic mass is 35.5. The quantitative estimate of drug-likeness (QED) is 0.722. The van der Waals surface area contributed by atoms with Crippen LogP contribution in [0.1, 0.15) is 23.2 Å². The molecule has 0 aromatic heterocycles. The second kappa shape index (κ2) is 9.36. The lowest BCUT2D eigenvalue weighted by molar-refractivity contribution is -0.133. The Morgan fingerprint density at radius 2 is 1.65 bits per heavy atom. The van der Waals surface area contributed by atoms with E-state index in [1.165, 1.54) is 18.0 Å². The van der Waals surface area contributed by atoms with Gasteiger partial charge in [0.2, 0.25) is 11.8 Å². The lowest BCUT2D eigenvalue weighted by atomic mass is 10.1. The Balaban J connectivity index is 1.81. The number of anilines is 1. The van der Waals surface area contributed by atoms with E-state index in [1.807, 2.05) is 6.07 Å². The fraction of sp³-hybridized carbons (Fsp3) is 0.211. The number of Topliss-reactive ketones (excluding diaryl/α,β-unsaturated/α-hetero) is 1. The topological polar surface area (TPSA) is 66.5 Å². The Kier molecular flexibility index (Phi) is 7.18. The number of amides is 2. The molecule has 136 valence electrons. The number of carbonyl (C=O) groups is 3. The van der Waals surface area contributed by atoms with Gasteiger partial charge in [-0.05, 0) is 18.2 Å². The molecule has 0 fully saturated rings. The van der Waals surface area contributed by atoms with E-state index in [-0.39, 0.29) is 37.0 Å². The van der Waals surface area contributed by atoms with Crippen LogP contribution in [0.5, 0.6) is 0 Å². The molecule has 2 amide bonds. The Bertz CT molecular complexity index is 810. The molecule has 7 heteroatoms. The van der Waals surface area contributed by atoms with E-state index in [9.17, 15) is 14.4 Å². The van der Waals surface area contributed by atoms with Crippen molar-refractivity contribution in [3.63, 3.8) is 0 Å². The van der Waals surface area contributed by atoms with Gasteiger partial charge in [0, 0.05) is 31.1 Å². The number of ketones is 1. The number of hydrogen-bond donors (Lipinski definition) is 1. The van der Waals surface area contributed by atoms with Gasteiger partial charge in [-0.3, -0.25) is 14.4 Å². The lowest BCUT2D eigenvalue weighted by Crippen LogP contribution is -2.35. The molecule has 0 aliphatic rings. The summed E-state index contributed by atoms with van der Waals surface area (Å²) in [4.78, 5) is 37.5. The Hall–Kier alpha value is -2.37. The Labute approximate surface area is 161 Å². The van der Waals surface area contributed by atoms with Crippen LogP contribution in [0, 0.1) is 0 Å². The molecule has 26 heavy (non-hydrogen) atoms. The monoisotopic (exact) mass is 392 g/mol. The number of benzene rings is 2. The smallest absolute Gasteiger partial charge is 0.243 e. The average molecular weight is 393 g/mol. The van der Waals surface area contributed by atoms with Gasteiger partial charge >= 0.3 is 0 Å². The standard InChI is InChI=1S/C19H18Cl2N2O3/c1-23(12-18(25)22-14-7-8-15(20)16(21)11-14)19(26)10-9-17(24)13-5-3-2-4-6-13/h2-8,11H,9-10,12H2,1H3,(H,22,25). The first kappa shape index (κ1) is 19.9. The van der Waals surface area contributed by atoms with Crippen molar-refractivity contribution in [3.05, 3.63) is 64.1 Å². The van der Waals surface area contributed by atoms with Crippen LogP contribution in [0.2, 0.25) is 10.0 Å². The first-order chi connectivity index (χ1) is 12.4. The highest BCUT2D eigenvalue weighted by Crippen LogP contribution is 2.24. The largest absolute Gasteiger partial charge is 0.336 e. The van der Waals surface area contributed by atoms with Crippen molar-refractivity contribution in [1.29, 1.82) is 0 Å². The van der Waals surface area contributed by atoms with Gasteiger partial charge in [-0.25, -0.2) is 0 Å². The van der Waals surface area contributed by atoms with Gasteiger partial charge in [0.1, 0.15) is 0 Å². The number of halogens is 2. The molecule has 5 nitrogen and oxygen atoms in total. The van der Waals surface area contributed by atoms with Crippen molar-refractivity contribution < 1.29 is 14.4 Å². The molecule has 1 N–H and O–H groups in total. The van der Waals surface area contributed by atoms with Gasteiger partial charge < -0.3 is 10.2 Å². The number of nitrogens with zero attached hydrogens (tertiary/aromatic N) is 1. The molecule has 2 aromatic carbocycles. The SMILES string of the molecule is CN(CC(=O)Nc1ccc(Cl)c(Cl)c1)C(=O)CCC(=O)c1ccccc1. The third-order valence-corrected chi connectivity index (χ3v) is 4.41. The van der Waals surface area contributed by atoms with Crippen LogP contribution >= 0.6 is 23.2 Å². The molecule has 0 aliphatic carbocycles. The maximum Gasteiger partial charge on any atom is 0.243 e. The van der Waals surface area contributed by atoms with E-state index in [0.29, 0.717) is 21.3 Å². The number of carbonyl (C=O) groups excluding carboxylic acids is 3. The number of nitrogens with one attached hydrogen (secondary N) is 1. The molecule has 0 aliphatic heterocycles. The van der Waals surface area contributed by atoms with Crippen LogP contribution in [-0.4, -0.2) is 36.1 Å². The second-order valence-electron chi connectivity index (χ2n) is 5.72. The van der Waals surface area contributed by atoms with Crippen molar-refractivity contribution in [1.82, 2.24) is 4.90 Å². The van der Waals surface area contributed by atoms with Crippen LogP contribution in [-0.2, 0) is 9.59 Å². The van der Waals surface area contributed by atoms with Crippen LogP contribution in [0.3, 0.4) is 0 Å². The third kappa shape index (κ3) is 5.86. The zero-order valence-corrected chi connectivity index (χ0v) is 15.7. The van der Waals surface area contributed by atoms with Crippen molar-refractivity contribution in [2.45, 2.75) is 12.8 Å². The predicted octanol–water partition coefficient (Wildman–Crippen LogP) is 4.05. The molecule has 2 rings (SSSR count). The van der Waals surface area contributed by atoms with E-state index < -0.39 is 0 Å². The van der Waals surface area contributed by atoms with Gasteiger partial charge in [-0.1, -0.05) is 53.5 Å². The highest BCUT2D eigenvalue weighted by molar-refractivity contribution is 6.42. The summed E-state index contributed by atoms with van der Waals surface area (Å²) < 4.78 is 0. The summed E-state index contributed by atoms with van der Waals surface area (Å²) in [6.45, 7) is -0.126. The van der Waals surface area contributed by atoms with Crippen molar-refractivity contribution in [2.75, 3.05) is 18.9 Å². The highest BCUT2D eigenvalue weighted by Gasteiger charge is 2.15. The fourth-order valence-electron chi connectivity index (χ4n) is 2.26. The molecule has 0 atom stereocenters. The molecule has 0 bridgehead atoms. The van der Waals surface area contributed by atoms with Crippen LogP contribution in [0.15, 0.2) is 48.5 Å². The number of rotatable bonds is 7. The zero-order chi connectivity index (χ0) is 19.1. The summed E-state index contributed by atoms with van der Waals surface area (Å²) >= 11 is 11.7.